The molecular weight excluding hydrogens is 400 g/mol. The lowest BCUT2D eigenvalue weighted by molar-refractivity contribution is -0.137. The summed E-state index contributed by atoms with van der Waals surface area (Å²) in [5.74, 6) is -0.747. The van der Waals surface area contributed by atoms with Gasteiger partial charge in [0.2, 0.25) is 0 Å². The lowest BCUT2D eigenvalue weighted by Gasteiger charge is -2.24. The first-order valence-electron chi connectivity index (χ1n) is 11.2. The molecule has 0 unspecified atom stereocenters. The SMILES string of the molecule is CN(C)c1ccc(C(=O)N(CCCCCC(=O)O)CCc2cccc3ccccc23)cc1. The zero-order valence-corrected chi connectivity index (χ0v) is 19.0. The van der Waals surface area contributed by atoms with Gasteiger partial charge in [0.25, 0.3) is 5.91 Å². The van der Waals surface area contributed by atoms with Gasteiger partial charge in [0.05, 0.1) is 0 Å². The molecule has 168 valence electrons. The number of hydrogen-bond donors (Lipinski definition) is 1. The van der Waals surface area contributed by atoms with E-state index in [-0.39, 0.29) is 12.3 Å². The fourth-order valence-corrected chi connectivity index (χ4v) is 3.92. The molecule has 0 radical (unpaired) electrons. The first-order valence-corrected chi connectivity index (χ1v) is 11.2. The highest BCUT2D eigenvalue weighted by Crippen LogP contribution is 2.20. The number of hydrogen-bond acceptors (Lipinski definition) is 3. The minimum absolute atomic E-state index is 0.0220. The second-order valence-electron chi connectivity index (χ2n) is 8.33. The van der Waals surface area contributed by atoms with E-state index < -0.39 is 5.97 Å². The van der Waals surface area contributed by atoms with Gasteiger partial charge < -0.3 is 14.9 Å². The third-order valence-corrected chi connectivity index (χ3v) is 5.77. The number of carboxylic acids is 1. The van der Waals surface area contributed by atoms with Gasteiger partial charge in [-0.15, -0.1) is 0 Å². The molecule has 0 fully saturated rings. The van der Waals surface area contributed by atoms with Crippen LogP contribution in [-0.2, 0) is 11.2 Å². The van der Waals surface area contributed by atoms with E-state index in [0.717, 1.165) is 24.9 Å². The van der Waals surface area contributed by atoms with Gasteiger partial charge >= 0.3 is 5.97 Å². The molecule has 0 aliphatic carbocycles. The molecule has 3 aromatic rings. The third kappa shape index (κ3) is 6.33. The standard InChI is InChI=1S/C27H32N2O3/c1-28(2)24-16-14-23(15-17-24)27(32)29(19-7-3-4-13-26(30)31)20-18-22-11-8-10-21-9-5-6-12-25(21)22/h5-6,8-12,14-17H,3-4,7,13,18-20H2,1-2H3,(H,30,31). The first kappa shape index (κ1) is 23.3. The number of benzene rings is 3. The van der Waals surface area contributed by atoms with Crippen molar-refractivity contribution >= 4 is 28.3 Å². The van der Waals surface area contributed by atoms with Crippen LogP contribution in [0.4, 0.5) is 5.69 Å². The van der Waals surface area contributed by atoms with Crippen molar-refractivity contribution in [2.24, 2.45) is 0 Å². The third-order valence-electron chi connectivity index (χ3n) is 5.77. The van der Waals surface area contributed by atoms with Crippen molar-refractivity contribution in [3.8, 4) is 0 Å². The Morgan fingerprint density at radius 1 is 0.812 bits per heavy atom. The Hall–Kier alpha value is -3.34. The van der Waals surface area contributed by atoms with Crippen LogP contribution >= 0.6 is 0 Å². The number of nitrogens with zero attached hydrogens (tertiary/aromatic N) is 2. The van der Waals surface area contributed by atoms with Crippen molar-refractivity contribution < 1.29 is 14.7 Å². The molecule has 32 heavy (non-hydrogen) atoms. The van der Waals surface area contributed by atoms with E-state index in [9.17, 15) is 9.59 Å². The van der Waals surface area contributed by atoms with E-state index in [0.29, 0.717) is 25.1 Å². The fourth-order valence-electron chi connectivity index (χ4n) is 3.92. The molecule has 0 spiro atoms. The summed E-state index contributed by atoms with van der Waals surface area (Å²) in [6.07, 6.45) is 3.18. The fraction of sp³-hybridized carbons (Fsp3) is 0.333. The topological polar surface area (TPSA) is 60.9 Å². The monoisotopic (exact) mass is 432 g/mol. The lowest BCUT2D eigenvalue weighted by Crippen LogP contribution is -2.34. The van der Waals surface area contributed by atoms with E-state index in [1.807, 2.05) is 60.3 Å². The molecule has 0 saturated carbocycles. The summed E-state index contributed by atoms with van der Waals surface area (Å²) in [5.41, 5.74) is 2.96. The van der Waals surface area contributed by atoms with Gasteiger partial charge in [0.15, 0.2) is 0 Å². The van der Waals surface area contributed by atoms with Gasteiger partial charge in [0, 0.05) is 44.9 Å². The summed E-state index contributed by atoms with van der Waals surface area (Å²) in [4.78, 5) is 28.0. The quantitative estimate of drug-likeness (QED) is 0.421. The van der Waals surface area contributed by atoms with Gasteiger partial charge in [-0.25, -0.2) is 0 Å². The summed E-state index contributed by atoms with van der Waals surface area (Å²) in [6, 6.07) is 22.3. The normalized spacial score (nSPS) is 10.8. The lowest BCUT2D eigenvalue weighted by atomic mass is 10.0. The summed E-state index contributed by atoms with van der Waals surface area (Å²) in [5, 5.41) is 11.3. The van der Waals surface area contributed by atoms with Crippen LogP contribution in [0.1, 0.15) is 41.6 Å². The number of rotatable bonds is 11. The second-order valence-corrected chi connectivity index (χ2v) is 8.33. The molecule has 0 aliphatic rings. The van der Waals surface area contributed by atoms with Gasteiger partial charge in [-0.3, -0.25) is 9.59 Å². The Bertz CT molecular complexity index is 1040. The van der Waals surface area contributed by atoms with Crippen LogP contribution in [0.15, 0.2) is 66.7 Å². The van der Waals surface area contributed by atoms with Crippen LogP contribution in [0.25, 0.3) is 10.8 Å². The molecule has 5 heteroatoms. The van der Waals surface area contributed by atoms with Crippen LogP contribution in [0, 0.1) is 0 Å². The number of carbonyl (C=O) groups excluding carboxylic acids is 1. The minimum Gasteiger partial charge on any atom is -0.481 e. The summed E-state index contributed by atoms with van der Waals surface area (Å²) in [7, 11) is 3.95. The van der Waals surface area contributed by atoms with Crippen LogP contribution in [0.2, 0.25) is 0 Å². The molecule has 1 amide bonds. The Morgan fingerprint density at radius 3 is 2.25 bits per heavy atom. The van der Waals surface area contributed by atoms with Crippen molar-refractivity contribution in [3.05, 3.63) is 77.9 Å². The van der Waals surface area contributed by atoms with E-state index in [4.69, 9.17) is 5.11 Å². The molecule has 0 bridgehead atoms. The number of amides is 1. The highest BCUT2D eigenvalue weighted by molar-refractivity contribution is 5.94. The summed E-state index contributed by atoms with van der Waals surface area (Å²) >= 11 is 0. The maximum Gasteiger partial charge on any atom is 0.303 e. The van der Waals surface area contributed by atoms with Crippen molar-refractivity contribution in [2.45, 2.75) is 32.1 Å². The van der Waals surface area contributed by atoms with Crippen LogP contribution in [0.5, 0.6) is 0 Å². The van der Waals surface area contributed by atoms with Gasteiger partial charge in [-0.1, -0.05) is 48.9 Å². The number of fused-ring (bicyclic) bond motifs is 1. The summed E-state index contributed by atoms with van der Waals surface area (Å²) in [6.45, 7) is 1.25. The zero-order chi connectivity index (χ0) is 22.9. The zero-order valence-electron chi connectivity index (χ0n) is 19.0. The molecular formula is C27H32N2O3. The van der Waals surface area contributed by atoms with Crippen LogP contribution < -0.4 is 4.90 Å². The molecule has 0 heterocycles. The van der Waals surface area contributed by atoms with E-state index in [2.05, 4.69) is 30.3 Å². The Balaban J connectivity index is 1.72. The molecule has 3 aromatic carbocycles. The molecule has 0 atom stereocenters. The molecule has 1 N–H and O–H groups in total. The Morgan fingerprint density at radius 2 is 1.53 bits per heavy atom. The van der Waals surface area contributed by atoms with Crippen molar-refractivity contribution in [1.29, 1.82) is 0 Å². The number of aliphatic carboxylic acids is 1. The van der Waals surface area contributed by atoms with Gasteiger partial charge in [0.1, 0.15) is 0 Å². The molecule has 3 rings (SSSR count). The van der Waals surface area contributed by atoms with Crippen molar-refractivity contribution in [2.75, 3.05) is 32.1 Å². The predicted molar refractivity (Wildman–Crippen MR) is 130 cm³/mol. The van der Waals surface area contributed by atoms with E-state index in [1.165, 1.54) is 16.3 Å². The summed E-state index contributed by atoms with van der Waals surface area (Å²) < 4.78 is 0. The van der Waals surface area contributed by atoms with Crippen molar-refractivity contribution in [1.82, 2.24) is 4.90 Å². The number of anilines is 1. The highest BCUT2D eigenvalue weighted by Gasteiger charge is 2.16. The average molecular weight is 433 g/mol. The average Bonchev–Trinajstić information content (AvgIpc) is 2.80. The van der Waals surface area contributed by atoms with E-state index in [1.54, 1.807) is 0 Å². The van der Waals surface area contributed by atoms with Crippen LogP contribution in [-0.4, -0.2) is 49.1 Å². The predicted octanol–water partition coefficient (Wildman–Crippen LogP) is 5.24. The smallest absolute Gasteiger partial charge is 0.303 e. The van der Waals surface area contributed by atoms with E-state index >= 15 is 0 Å². The minimum atomic E-state index is -0.769. The first-order chi connectivity index (χ1) is 15.5. The highest BCUT2D eigenvalue weighted by atomic mass is 16.4. The molecule has 0 aliphatic heterocycles. The van der Waals surface area contributed by atoms with Crippen LogP contribution in [0.3, 0.4) is 0 Å². The Labute approximate surface area is 190 Å². The van der Waals surface area contributed by atoms with Crippen molar-refractivity contribution in [3.63, 3.8) is 0 Å². The second kappa shape index (κ2) is 11.3. The molecule has 0 aromatic heterocycles. The number of carbonyl (C=O) groups is 2. The van der Waals surface area contributed by atoms with Gasteiger partial charge in [-0.05, 0) is 59.9 Å². The number of unbranched alkanes of at least 4 members (excludes halogenated alkanes) is 2. The molecule has 0 saturated heterocycles. The van der Waals surface area contributed by atoms with Gasteiger partial charge in [-0.2, -0.15) is 0 Å². The maximum absolute atomic E-state index is 13.3. The largest absolute Gasteiger partial charge is 0.481 e. The molecule has 5 nitrogen and oxygen atoms in total. The number of carboxylic acid groups (broad SMARTS) is 1. The maximum atomic E-state index is 13.3. The Kier molecular flexibility index (Phi) is 8.26.